The number of fused-ring (bicyclic) bond motifs is 3. The van der Waals surface area contributed by atoms with Gasteiger partial charge in [-0.25, -0.2) is 0 Å². The molecule has 1 amide bonds. The summed E-state index contributed by atoms with van der Waals surface area (Å²) in [5, 5.41) is 46.8. The highest BCUT2D eigenvalue weighted by atomic mass is 19.1. The summed E-state index contributed by atoms with van der Waals surface area (Å²) in [5.74, 6) is -9.12. The average Bonchev–Trinajstić information content (AvgIpc) is 2.77. The molecule has 0 unspecified atom stereocenters. The van der Waals surface area contributed by atoms with E-state index in [9.17, 15) is 39.2 Å². The summed E-state index contributed by atoms with van der Waals surface area (Å²) in [4.78, 5) is 43.9. The summed E-state index contributed by atoms with van der Waals surface area (Å²) in [6, 6.07) is -1.11. The van der Waals surface area contributed by atoms with Crippen molar-refractivity contribution < 1.29 is 39.2 Å². The number of hydrogen-bond donors (Lipinski definition) is 6. The number of nitrogens with two attached hydrogens (primary N) is 1. The molecule has 0 spiro atoms. The molecular formula is C23H27FN4O7. The van der Waals surface area contributed by atoms with Gasteiger partial charge in [-0.3, -0.25) is 19.3 Å². The number of nitrogens with one attached hydrogen (secondary N) is 1. The third-order valence-electron chi connectivity index (χ3n) is 7.08. The van der Waals surface area contributed by atoms with Crippen LogP contribution in [0.15, 0.2) is 22.7 Å². The minimum Gasteiger partial charge on any atom is -0.510 e. The van der Waals surface area contributed by atoms with Gasteiger partial charge in [0.15, 0.2) is 23.0 Å². The van der Waals surface area contributed by atoms with Gasteiger partial charge < -0.3 is 31.5 Å². The van der Waals surface area contributed by atoms with Crippen LogP contribution in [0.1, 0.15) is 35.7 Å². The molecular weight excluding hydrogens is 463 g/mol. The van der Waals surface area contributed by atoms with Crippen LogP contribution in [0.3, 0.4) is 0 Å². The second-order valence-electron chi connectivity index (χ2n) is 9.34. The van der Waals surface area contributed by atoms with Crippen LogP contribution in [0.2, 0.25) is 0 Å². The van der Waals surface area contributed by atoms with Gasteiger partial charge in [-0.15, -0.1) is 0 Å². The van der Waals surface area contributed by atoms with Crippen molar-refractivity contribution in [2.24, 2.45) is 17.6 Å². The highest BCUT2D eigenvalue weighted by Gasteiger charge is 2.63. The number of likely N-dealkylation sites (N-methyl/N-ethyl adjacent to an activating group) is 1. The molecule has 7 N–H and O–H groups in total. The first-order valence-corrected chi connectivity index (χ1v) is 11.2. The van der Waals surface area contributed by atoms with E-state index in [1.165, 1.54) is 19.0 Å². The van der Waals surface area contributed by atoms with E-state index in [4.69, 9.17) is 5.73 Å². The molecule has 35 heavy (non-hydrogen) atoms. The van der Waals surface area contributed by atoms with Crippen LogP contribution >= 0.6 is 0 Å². The number of amides is 1. The number of primary amides is 1. The van der Waals surface area contributed by atoms with Gasteiger partial charge in [0.25, 0.3) is 5.91 Å². The summed E-state index contributed by atoms with van der Waals surface area (Å²) >= 11 is 0. The Balaban J connectivity index is 1.93. The van der Waals surface area contributed by atoms with Crippen LogP contribution < -0.4 is 11.1 Å². The minimum atomic E-state index is -2.74. The fourth-order valence-electron chi connectivity index (χ4n) is 5.53. The number of aliphatic hydroxyl groups excluding tert-OH is 2. The molecule has 1 heterocycles. The molecule has 188 valence electrons. The summed E-state index contributed by atoms with van der Waals surface area (Å²) < 4.78 is 14.9. The van der Waals surface area contributed by atoms with Gasteiger partial charge in [0, 0.05) is 23.6 Å². The van der Waals surface area contributed by atoms with Crippen molar-refractivity contribution in [1.82, 2.24) is 9.88 Å². The van der Waals surface area contributed by atoms with Crippen molar-refractivity contribution in [1.29, 1.82) is 0 Å². The molecule has 3 aliphatic carbocycles. The van der Waals surface area contributed by atoms with Crippen LogP contribution in [0.4, 0.5) is 10.2 Å². The van der Waals surface area contributed by atoms with Crippen LogP contribution in [-0.4, -0.2) is 80.1 Å². The number of aliphatic hydroxyl groups is 3. The zero-order chi connectivity index (χ0) is 26.0. The fraction of sp³-hybridized carbons (Fsp3) is 0.478. The largest absolute Gasteiger partial charge is 0.510 e. The van der Waals surface area contributed by atoms with E-state index in [1.54, 1.807) is 0 Å². The molecule has 12 heteroatoms. The van der Waals surface area contributed by atoms with E-state index in [0.29, 0.717) is 13.0 Å². The number of aromatic hydroxyl groups is 1. The lowest BCUT2D eigenvalue weighted by atomic mass is 9.58. The minimum absolute atomic E-state index is 0.123. The topological polar surface area (TPSA) is 186 Å². The van der Waals surface area contributed by atoms with Crippen molar-refractivity contribution in [3.8, 4) is 5.75 Å². The molecule has 0 bridgehead atoms. The number of ketones is 2. The smallest absolute Gasteiger partial charge is 0.255 e. The van der Waals surface area contributed by atoms with E-state index < -0.39 is 75.3 Å². The summed E-state index contributed by atoms with van der Waals surface area (Å²) in [6.45, 7) is 2.18. The molecule has 1 aromatic rings. The van der Waals surface area contributed by atoms with Gasteiger partial charge in [0.1, 0.15) is 17.1 Å². The number of carbonyl (C=O) groups is 3. The maximum absolute atomic E-state index is 14.9. The number of anilines is 1. The van der Waals surface area contributed by atoms with E-state index in [0.717, 1.165) is 0 Å². The normalized spacial score (nSPS) is 28.1. The molecule has 1 aromatic heterocycles. The number of carbonyl (C=O) groups excluding carboxylic acids is 3. The zero-order valence-electron chi connectivity index (χ0n) is 19.4. The second kappa shape index (κ2) is 8.31. The lowest BCUT2D eigenvalue weighted by molar-refractivity contribution is -0.148. The first-order valence-electron chi connectivity index (χ1n) is 11.2. The predicted molar refractivity (Wildman–Crippen MR) is 120 cm³/mol. The number of pyridine rings is 1. The maximum Gasteiger partial charge on any atom is 0.255 e. The van der Waals surface area contributed by atoms with E-state index in [2.05, 4.69) is 10.3 Å². The molecule has 4 atom stereocenters. The van der Waals surface area contributed by atoms with Crippen molar-refractivity contribution in [3.63, 3.8) is 0 Å². The second-order valence-corrected chi connectivity index (χ2v) is 9.34. The third-order valence-corrected chi connectivity index (χ3v) is 7.08. The van der Waals surface area contributed by atoms with Gasteiger partial charge in [0.2, 0.25) is 11.7 Å². The summed E-state index contributed by atoms with van der Waals surface area (Å²) in [6.07, 6.45) is 0.352. The molecule has 0 aliphatic heterocycles. The standard InChI is InChI=1S/C23H27FN4O7/c1-4-5-26-22-17(31)12-9(20(24)27-22)6-8-7-10-14(28(2)3)16(30)13(21(25)34)19(33)23(10,35)18(32)11(8)15(12)29/h8,10,14,30-32,35H,4-7H2,1-3H3,(H2,25,34)(H,26,27)/t8-,10-,14-,23-/m0/s1. The highest BCUT2D eigenvalue weighted by Crippen LogP contribution is 2.52. The number of Topliss-reactive ketones (excluding diaryl/α,β-unsaturated/α-hetero) is 2. The lowest BCUT2D eigenvalue weighted by Gasteiger charge is -2.50. The maximum atomic E-state index is 14.9. The zero-order valence-corrected chi connectivity index (χ0v) is 19.4. The van der Waals surface area contributed by atoms with Crippen molar-refractivity contribution in [2.75, 3.05) is 26.0 Å². The van der Waals surface area contributed by atoms with Crippen LogP contribution in [0.5, 0.6) is 5.75 Å². The molecule has 0 radical (unpaired) electrons. The molecule has 0 saturated heterocycles. The van der Waals surface area contributed by atoms with Gasteiger partial charge in [0.05, 0.1) is 11.6 Å². The third kappa shape index (κ3) is 3.31. The van der Waals surface area contributed by atoms with Crippen LogP contribution in [0.25, 0.3) is 0 Å². The van der Waals surface area contributed by atoms with Gasteiger partial charge in [-0.1, -0.05) is 6.92 Å². The Morgan fingerprint density at radius 2 is 1.94 bits per heavy atom. The number of nitrogens with zero attached hydrogens (tertiary/aromatic N) is 2. The average molecular weight is 490 g/mol. The summed E-state index contributed by atoms with van der Waals surface area (Å²) in [5.41, 5.74) is 0.740. The Labute approximate surface area is 199 Å². The van der Waals surface area contributed by atoms with Crippen LogP contribution in [-0.2, 0) is 16.0 Å². The van der Waals surface area contributed by atoms with Gasteiger partial charge in [-0.2, -0.15) is 9.37 Å². The number of hydrogen-bond acceptors (Lipinski definition) is 10. The Bertz CT molecular complexity index is 1220. The first-order chi connectivity index (χ1) is 16.4. The molecule has 11 nitrogen and oxygen atoms in total. The van der Waals surface area contributed by atoms with E-state index in [1.807, 2.05) is 6.92 Å². The number of rotatable bonds is 5. The molecule has 0 saturated carbocycles. The number of aromatic nitrogens is 1. The Kier molecular flexibility index (Phi) is 5.84. The van der Waals surface area contributed by atoms with Crippen LogP contribution in [0, 0.1) is 17.8 Å². The highest BCUT2D eigenvalue weighted by molar-refractivity contribution is 6.24. The Hall–Kier alpha value is -3.51. The predicted octanol–water partition coefficient (Wildman–Crippen LogP) is 0.477. The van der Waals surface area contributed by atoms with E-state index >= 15 is 0 Å². The Morgan fingerprint density at radius 1 is 1.29 bits per heavy atom. The molecule has 4 rings (SSSR count). The van der Waals surface area contributed by atoms with Gasteiger partial charge >= 0.3 is 0 Å². The van der Waals surface area contributed by atoms with Crippen molar-refractivity contribution in [2.45, 2.75) is 37.8 Å². The molecule has 0 fully saturated rings. The monoisotopic (exact) mass is 490 g/mol. The molecule has 3 aliphatic rings. The SMILES string of the molecule is CCCNc1nc(F)c2c(c1O)C(=O)C1=C(O)[C@]3(O)C(=O)C(C(N)=O)=C(O)[C@@H](N(C)C)[C@@H]3C[C@@H]1C2. The summed E-state index contributed by atoms with van der Waals surface area (Å²) in [7, 11) is 3.06. The van der Waals surface area contributed by atoms with E-state index in [-0.39, 0.29) is 29.8 Å². The number of allylic oxidation sites excluding steroid dienone is 1. The van der Waals surface area contributed by atoms with Gasteiger partial charge in [-0.05, 0) is 39.3 Å². The number of halogens is 1. The fourth-order valence-corrected chi connectivity index (χ4v) is 5.53. The lowest BCUT2D eigenvalue weighted by Crippen LogP contribution is -2.63. The molecule has 0 aromatic carbocycles. The quantitative estimate of drug-likeness (QED) is 0.250. The van der Waals surface area contributed by atoms with Crippen molar-refractivity contribution >= 4 is 23.3 Å². The Morgan fingerprint density at radius 3 is 2.51 bits per heavy atom. The first kappa shape index (κ1) is 24.6. The van der Waals surface area contributed by atoms with Crippen molar-refractivity contribution in [3.05, 3.63) is 39.7 Å².